The van der Waals surface area contributed by atoms with Gasteiger partial charge in [0.1, 0.15) is 0 Å². The Kier molecular flexibility index (Phi) is 6.82. The molecule has 1 atom stereocenters. The molecule has 0 spiro atoms. The van der Waals surface area contributed by atoms with Gasteiger partial charge in [-0.3, -0.25) is 14.9 Å². The first kappa shape index (κ1) is 14.3. The highest BCUT2D eigenvalue weighted by Gasteiger charge is 2.31. The number of ether oxygens (including phenoxy) is 2. The van der Waals surface area contributed by atoms with E-state index in [2.05, 4.69) is 9.47 Å². The van der Waals surface area contributed by atoms with Crippen LogP contribution in [0.3, 0.4) is 0 Å². The fourth-order valence-electron chi connectivity index (χ4n) is 1.04. The lowest BCUT2D eigenvalue weighted by atomic mass is 10.1. The fourth-order valence-corrected chi connectivity index (χ4v) is 1.04. The monoisotopic (exact) mass is 233 g/mol. The minimum atomic E-state index is -1.50. The zero-order valence-electron chi connectivity index (χ0n) is 9.30. The number of esters is 2. The third-order valence-electron chi connectivity index (χ3n) is 1.74. The van der Waals surface area contributed by atoms with Crippen LogP contribution in [0.2, 0.25) is 0 Å². The molecular formula is C9H15NO6. The second kappa shape index (κ2) is 7.61. The van der Waals surface area contributed by atoms with E-state index in [0.29, 0.717) is 0 Å². The third kappa shape index (κ3) is 5.28. The topological polar surface area (TPSA) is 95.7 Å². The third-order valence-corrected chi connectivity index (χ3v) is 1.74. The van der Waals surface area contributed by atoms with Gasteiger partial charge in [0.2, 0.25) is 0 Å². The van der Waals surface area contributed by atoms with Crippen LogP contribution in [0.25, 0.3) is 0 Å². The molecule has 92 valence electrons. The first-order valence-corrected chi connectivity index (χ1v) is 4.98. The van der Waals surface area contributed by atoms with Crippen LogP contribution in [0.1, 0.15) is 26.7 Å². The van der Waals surface area contributed by atoms with E-state index in [0.717, 1.165) is 0 Å². The summed E-state index contributed by atoms with van der Waals surface area (Å²) in [5.41, 5.74) is 0. The van der Waals surface area contributed by atoms with Crippen molar-refractivity contribution in [2.24, 2.45) is 0 Å². The Morgan fingerprint density at radius 1 is 1.25 bits per heavy atom. The molecule has 0 saturated heterocycles. The van der Waals surface area contributed by atoms with Gasteiger partial charge in [-0.1, -0.05) is 0 Å². The molecule has 0 unspecified atom stereocenters. The summed E-state index contributed by atoms with van der Waals surface area (Å²) in [6.45, 7) is 3.47. The zero-order valence-corrected chi connectivity index (χ0v) is 9.30. The molecule has 0 aliphatic carbocycles. The lowest BCUT2D eigenvalue weighted by Crippen LogP contribution is -2.32. The molecule has 0 amide bonds. The van der Waals surface area contributed by atoms with Crippen LogP contribution >= 0.6 is 0 Å². The van der Waals surface area contributed by atoms with E-state index in [1.165, 1.54) is 0 Å². The summed E-state index contributed by atoms with van der Waals surface area (Å²) < 4.78 is 9.12. The lowest BCUT2D eigenvalue weighted by Gasteiger charge is -2.07. The van der Waals surface area contributed by atoms with Gasteiger partial charge >= 0.3 is 18.0 Å². The Bertz CT molecular complexity index is 265. The molecule has 0 aliphatic rings. The second-order valence-corrected chi connectivity index (χ2v) is 2.90. The van der Waals surface area contributed by atoms with E-state index in [-0.39, 0.29) is 26.1 Å². The molecule has 0 radical (unpaired) electrons. The number of carbonyl (C=O) groups is 2. The van der Waals surface area contributed by atoms with Crippen molar-refractivity contribution in [2.45, 2.75) is 32.7 Å². The second-order valence-electron chi connectivity index (χ2n) is 2.90. The van der Waals surface area contributed by atoms with E-state index in [1.54, 1.807) is 13.8 Å². The van der Waals surface area contributed by atoms with Crippen LogP contribution in [0.5, 0.6) is 0 Å². The summed E-state index contributed by atoms with van der Waals surface area (Å²) in [4.78, 5) is 31.9. The number of hydrogen-bond acceptors (Lipinski definition) is 6. The van der Waals surface area contributed by atoms with Crippen molar-refractivity contribution in [1.82, 2.24) is 0 Å². The van der Waals surface area contributed by atoms with Crippen molar-refractivity contribution >= 4 is 11.9 Å². The molecule has 0 aromatic carbocycles. The summed E-state index contributed by atoms with van der Waals surface area (Å²) in [6, 6.07) is -1.50. The first-order valence-electron chi connectivity index (χ1n) is 4.98. The zero-order chi connectivity index (χ0) is 12.6. The van der Waals surface area contributed by atoms with E-state index in [4.69, 9.17) is 0 Å². The Labute approximate surface area is 92.9 Å². The predicted octanol–water partition coefficient (Wildman–Crippen LogP) is 0.538. The van der Waals surface area contributed by atoms with Crippen LogP contribution in [-0.4, -0.2) is 36.1 Å². The summed E-state index contributed by atoms with van der Waals surface area (Å²) in [5, 5.41) is 10.5. The number of nitrogens with zero attached hydrogens (tertiary/aromatic N) is 1. The molecule has 0 saturated carbocycles. The summed E-state index contributed by atoms with van der Waals surface area (Å²) in [6.07, 6.45) is -0.372. The number of nitro groups is 1. The maximum Gasteiger partial charge on any atom is 0.381 e. The van der Waals surface area contributed by atoms with Gasteiger partial charge in [0, 0.05) is 11.3 Å². The van der Waals surface area contributed by atoms with E-state index in [9.17, 15) is 19.7 Å². The first-order chi connectivity index (χ1) is 7.52. The molecule has 16 heavy (non-hydrogen) atoms. The number of carbonyl (C=O) groups excluding carboxylic acids is 2. The molecule has 7 nitrogen and oxygen atoms in total. The Hall–Kier alpha value is -1.66. The molecular weight excluding hydrogens is 218 g/mol. The van der Waals surface area contributed by atoms with Gasteiger partial charge in [0.15, 0.2) is 0 Å². The van der Waals surface area contributed by atoms with E-state index in [1.807, 2.05) is 0 Å². The molecule has 0 aromatic heterocycles. The minimum absolute atomic E-state index is 0.0720. The highest BCUT2D eigenvalue weighted by atomic mass is 16.6. The largest absolute Gasteiger partial charge is 0.466 e. The predicted molar refractivity (Wildman–Crippen MR) is 53.3 cm³/mol. The van der Waals surface area contributed by atoms with Crippen LogP contribution in [0.4, 0.5) is 0 Å². The maximum absolute atomic E-state index is 11.1. The van der Waals surface area contributed by atoms with E-state index < -0.39 is 22.9 Å². The Morgan fingerprint density at radius 2 is 1.81 bits per heavy atom. The molecule has 0 aromatic rings. The van der Waals surface area contributed by atoms with Crippen molar-refractivity contribution in [1.29, 1.82) is 0 Å². The average molecular weight is 233 g/mol. The Morgan fingerprint density at radius 3 is 2.25 bits per heavy atom. The van der Waals surface area contributed by atoms with Gasteiger partial charge in [-0.25, -0.2) is 4.79 Å². The van der Waals surface area contributed by atoms with Crippen molar-refractivity contribution < 1.29 is 24.0 Å². The molecule has 0 aliphatic heterocycles. The van der Waals surface area contributed by atoms with Gasteiger partial charge in [-0.2, -0.15) is 0 Å². The van der Waals surface area contributed by atoms with Crippen LogP contribution in [0, 0.1) is 10.1 Å². The highest BCUT2D eigenvalue weighted by molar-refractivity contribution is 5.76. The van der Waals surface area contributed by atoms with Crippen LogP contribution in [0.15, 0.2) is 0 Å². The summed E-state index contributed by atoms with van der Waals surface area (Å²) in [7, 11) is 0. The van der Waals surface area contributed by atoms with Crippen LogP contribution in [-0.2, 0) is 19.1 Å². The van der Waals surface area contributed by atoms with Crippen molar-refractivity contribution in [2.75, 3.05) is 13.2 Å². The van der Waals surface area contributed by atoms with Gasteiger partial charge in [0.25, 0.3) is 0 Å². The van der Waals surface area contributed by atoms with Gasteiger partial charge in [-0.05, 0) is 13.8 Å². The normalized spacial score (nSPS) is 11.6. The van der Waals surface area contributed by atoms with Crippen LogP contribution < -0.4 is 0 Å². The highest BCUT2D eigenvalue weighted by Crippen LogP contribution is 2.05. The van der Waals surface area contributed by atoms with Gasteiger partial charge in [0.05, 0.1) is 19.6 Å². The maximum atomic E-state index is 11.1. The smallest absolute Gasteiger partial charge is 0.381 e. The number of hydrogen-bond donors (Lipinski definition) is 0. The van der Waals surface area contributed by atoms with Crippen molar-refractivity contribution in [3.63, 3.8) is 0 Å². The fraction of sp³-hybridized carbons (Fsp3) is 0.778. The standard InChI is InChI=1S/C9H15NO6/c1-3-15-8(11)6-5-7(10(13)14)9(12)16-4-2/h7H,3-6H2,1-2H3/t7-/m0/s1. The summed E-state index contributed by atoms with van der Waals surface area (Å²) >= 11 is 0. The average Bonchev–Trinajstić information content (AvgIpc) is 2.18. The van der Waals surface area contributed by atoms with Crippen molar-refractivity contribution in [3.05, 3.63) is 10.1 Å². The molecule has 0 heterocycles. The Balaban J connectivity index is 4.19. The molecule has 0 bridgehead atoms. The SMILES string of the molecule is CCOC(=O)CC[C@@H](C(=O)OCC)[N+](=O)[O-]. The van der Waals surface area contributed by atoms with Gasteiger partial charge in [-0.15, -0.1) is 0 Å². The van der Waals surface area contributed by atoms with Crippen molar-refractivity contribution in [3.8, 4) is 0 Å². The molecule has 0 N–H and O–H groups in total. The van der Waals surface area contributed by atoms with Gasteiger partial charge < -0.3 is 9.47 Å². The minimum Gasteiger partial charge on any atom is -0.466 e. The molecule has 0 fully saturated rings. The quantitative estimate of drug-likeness (QED) is 0.361. The van der Waals surface area contributed by atoms with E-state index >= 15 is 0 Å². The number of rotatable bonds is 7. The molecule has 0 rings (SSSR count). The molecule has 7 heteroatoms. The lowest BCUT2D eigenvalue weighted by molar-refractivity contribution is -0.511. The summed E-state index contributed by atoms with van der Waals surface area (Å²) in [5.74, 6) is -1.48.